The van der Waals surface area contributed by atoms with E-state index >= 15 is 0 Å². The quantitative estimate of drug-likeness (QED) is 0.666. The van der Waals surface area contributed by atoms with Crippen LogP contribution in [-0.4, -0.2) is 22.0 Å². The normalized spacial score (nSPS) is 19.9. The maximum atomic E-state index is 13.4. The lowest BCUT2D eigenvalue weighted by Gasteiger charge is -2.25. The van der Waals surface area contributed by atoms with Gasteiger partial charge in [-0.05, 0) is 38.0 Å². The van der Waals surface area contributed by atoms with E-state index in [1.54, 1.807) is 0 Å². The van der Waals surface area contributed by atoms with Gasteiger partial charge >= 0.3 is 5.69 Å². The number of rotatable bonds is 8. The number of aromatic amines is 1. The average Bonchev–Trinajstić information content (AvgIpc) is 3.12. The Morgan fingerprint density at radius 1 is 1.25 bits per heavy atom. The van der Waals surface area contributed by atoms with Crippen LogP contribution in [0.25, 0.3) is 0 Å². The summed E-state index contributed by atoms with van der Waals surface area (Å²) >= 11 is 0. The molecule has 0 saturated heterocycles. The van der Waals surface area contributed by atoms with Crippen LogP contribution < -0.4 is 21.9 Å². The second kappa shape index (κ2) is 8.37. The Morgan fingerprint density at radius 2 is 1.89 bits per heavy atom. The first-order valence-corrected chi connectivity index (χ1v) is 10.2. The standard InChI is InChI=1S/C21H34N4O3/c1-7-9-11-25-17(22)16(18(26)23-20(25)28)24(10-8-2)19(27)15-14(12-13(3)4)21(15,5)6/h12,14-15H,7-11,22H2,1-6H3,(H,23,26,28)/t14-,15-/m1/s1. The van der Waals surface area contributed by atoms with Crippen molar-refractivity contribution in [1.29, 1.82) is 0 Å². The maximum absolute atomic E-state index is 13.4. The molecule has 1 aliphatic carbocycles. The number of carbonyl (C=O) groups excluding carboxylic acids is 1. The molecule has 2 rings (SSSR count). The SMILES string of the molecule is CCCCn1c(N)c(N(CCC)C(=O)[C@H]2[C@@H](C=C(C)C)C2(C)C)c(=O)[nH]c1=O. The summed E-state index contributed by atoms with van der Waals surface area (Å²) in [5.74, 6) is -0.104. The fourth-order valence-corrected chi connectivity index (χ4v) is 3.92. The number of aromatic nitrogens is 2. The molecule has 0 aliphatic heterocycles. The van der Waals surface area contributed by atoms with Crippen LogP contribution in [-0.2, 0) is 11.3 Å². The first-order valence-electron chi connectivity index (χ1n) is 10.2. The minimum Gasteiger partial charge on any atom is -0.383 e. The second-order valence-corrected chi connectivity index (χ2v) is 8.56. The first kappa shape index (κ1) is 22.0. The fourth-order valence-electron chi connectivity index (χ4n) is 3.92. The van der Waals surface area contributed by atoms with Crippen LogP contribution in [0.3, 0.4) is 0 Å². The lowest BCUT2D eigenvalue weighted by atomic mass is 10.1. The molecule has 1 fully saturated rings. The highest BCUT2D eigenvalue weighted by atomic mass is 16.2. The number of nitrogens with zero attached hydrogens (tertiary/aromatic N) is 2. The summed E-state index contributed by atoms with van der Waals surface area (Å²) in [6.45, 7) is 12.9. The highest BCUT2D eigenvalue weighted by Gasteiger charge is 2.61. The van der Waals surface area contributed by atoms with Crippen molar-refractivity contribution in [2.45, 2.75) is 67.3 Å². The molecule has 7 heteroatoms. The number of allylic oxidation sites excluding steroid dienone is 2. The molecule has 2 atom stereocenters. The monoisotopic (exact) mass is 390 g/mol. The first-order chi connectivity index (χ1) is 13.1. The minimum atomic E-state index is -0.603. The van der Waals surface area contributed by atoms with Crippen LogP contribution in [0.5, 0.6) is 0 Å². The van der Waals surface area contributed by atoms with Crippen molar-refractivity contribution in [1.82, 2.24) is 9.55 Å². The molecule has 0 bridgehead atoms. The van der Waals surface area contributed by atoms with Gasteiger partial charge in [0.15, 0.2) is 5.69 Å². The van der Waals surface area contributed by atoms with Gasteiger partial charge in [0.2, 0.25) is 5.91 Å². The Bertz CT molecular complexity index is 875. The number of nitrogens with two attached hydrogens (primary N) is 1. The van der Waals surface area contributed by atoms with Gasteiger partial charge in [-0.25, -0.2) is 4.79 Å². The van der Waals surface area contributed by atoms with Gasteiger partial charge < -0.3 is 10.6 Å². The van der Waals surface area contributed by atoms with Crippen LogP contribution in [0.4, 0.5) is 11.5 Å². The highest BCUT2D eigenvalue weighted by Crippen LogP contribution is 2.60. The van der Waals surface area contributed by atoms with E-state index in [1.165, 1.54) is 15.0 Å². The summed E-state index contributed by atoms with van der Waals surface area (Å²) in [6.07, 6.45) is 4.45. The van der Waals surface area contributed by atoms with Crippen molar-refractivity contribution in [3.05, 3.63) is 32.5 Å². The summed E-state index contributed by atoms with van der Waals surface area (Å²) < 4.78 is 1.36. The van der Waals surface area contributed by atoms with E-state index in [2.05, 4.69) is 24.9 Å². The number of carbonyl (C=O) groups is 1. The number of amides is 1. The summed E-state index contributed by atoms with van der Waals surface area (Å²) in [5, 5.41) is 0. The predicted octanol–water partition coefficient (Wildman–Crippen LogP) is 2.90. The fraction of sp³-hybridized carbons (Fsp3) is 0.667. The number of unbranched alkanes of at least 4 members (excludes halogenated alkanes) is 1. The molecule has 0 unspecified atom stereocenters. The second-order valence-electron chi connectivity index (χ2n) is 8.56. The summed E-state index contributed by atoms with van der Waals surface area (Å²) in [7, 11) is 0. The molecule has 3 N–H and O–H groups in total. The molecule has 1 aromatic heterocycles. The molecule has 1 saturated carbocycles. The summed E-state index contributed by atoms with van der Waals surface area (Å²) in [4.78, 5) is 42.1. The van der Waals surface area contributed by atoms with Crippen molar-refractivity contribution in [2.24, 2.45) is 17.3 Å². The van der Waals surface area contributed by atoms with E-state index in [9.17, 15) is 14.4 Å². The van der Waals surface area contributed by atoms with Gasteiger partial charge in [0.25, 0.3) is 5.56 Å². The Hall–Kier alpha value is -2.31. The van der Waals surface area contributed by atoms with E-state index in [0.29, 0.717) is 19.5 Å². The molecule has 0 radical (unpaired) electrons. The van der Waals surface area contributed by atoms with E-state index < -0.39 is 11.2 Å². The van der Waals surface area contributed by atoms with Crippen molar-refractivity contribution in [3.63, 3.8) is 0 Å². The molecule has 1 amide bonds. The van der Waals surface area contributed by atoms with Crippen LogP contribution in [0, 0.1) is 17.3 Å². The highest BCUT2D eigenvalue weighted by molar-refractivity contribution is 5.99. The van der Waals surface area contributed by atoms with Crippen molar-refractivity contribution in [2.75, 3.05) is 17.2 Å². The van der Waals surface area contributed by atoms with Gasteiger partial charge in [-0.15, -0.1) is 0 Å². The zero-order valence-electron chi connectivity index (χ0n) is 18.0. The van der Waals surface area contributed by atoms with Gasteiger partial charge in [-0.1, -0.05) is 45.8 Å². The van der Waals surface area contributed by atoms with Gasteiger partial charge in [0.05, 0.1) is 5.92 Å². The Kier molecular flexibility index (Phi) is 6.57. The topological polar surface area (TPSA) is 101 Å². The molecule has 1 aliphatic rings. The lowest BCUT2D eigenvalue weighted by Crippen LogP contribution is -2.42. The van der Waals surface area contributed by atoms with Crippen LogP contribution in [0.1, 0.15) is 60.8 Å². The van der Waals surface area contributed by atoms with Crippen molar-refractivity contribution in [3.8, 4) is 0 Å². The Morgan fingerprint density at radius 3 is 2.43 bits per heavy atom. The summed E-state index contributed by atoms with van der Waals surface area (Å²) in [6, 6.07) is 0. The Labute approximate surface area is 166 Å². The van der Waals surface area contributed by atoms with Gasteiger partial charge in [0.1, 0.15) is 5.82 Å². The number of hydrogen-bond donors (Lipinski definition) is 2. The number of hydrogen-bond acceptors (Lipinski definition) is 4. The van der Waals surface area contributed by atoms with E-state index in [1.807, 2.05) is 27.7 Å². The maximum Gasteiger partial charge on any atom is 0.330 e. The molecular weight excluding hydrogens is 356 g/mol. The third-order valence-corrected chi connectivity index (χ3v) is 5.62. The van der Waals surface area contributed by atoms with Gasteiger partial charge in [0, 0.05) is 13.1 Å². The molecule has 28 heavy (non-hydrogen) atoms. The van der Waals surface area contributed by atoms with Gasteiger partial charge in [-0.3, -0.25) is 19.1 Å². The Balaban J connectivity index is 2.50. The molecule has 1 heterocycles. The molecule has 7 nitrogen and oxygen atoms in total. The van der Waals surface area contributed by atoms with E-state index in [-0.39, 0.29) is 34.7 Å². The zero-order chi connectivity index (χ0) is 21.2. The number of nitrogen functional groups attached to an aromatic ring is 1. The molecule has 156 valence electrons. The average molecular weight is 391 g/mol. The number of nitrogens with one attached hydrogen (secondary N) is 1. The number of anilines is 2. The third-order valence-electron chi connectivity index (χ3n) is 5.62. The molecule has 0 aromatic carbocycles. The smallest absolute Gasteiger partial charge is 0.330 e. The molecule has 0 spiro atoms. The van der Waals surface area contributed by atoms with Crippen LogP contribution in [0.2, 0.25) is 0 Å². The zero-order valence-corrected chi connectivity index (χ0v) is 18.0. The van der Waals surface area contributed by atoms with E-state index in [4.69, 9.17) is 5.73 Å². The van der Waals surface area contributed by atoms with E-state index in [0.717, 1.165) is 12.8 Å². The van der Waals surface area contributed by atoms with Crippen LogP contribution >= 0.6 is 0 Å². The molecule has 1 aromatic rings. The van der Waals surface area contributed by atoms with Crippen molar-refractivity contribution < 1.29 is 4.79 Å². The van der Waals surface area contributed by atoms with Crippen LogP contribution in [0.15, 0.2) is 21.2 Å². The third kappa shape index (κ3) is 4.08. The largest absolute Gasteiger partial charge is 0.383 e. The van der Waals surface area contributed by atoms with Crippen molar-refractivity contribution >= 4 is 17.4 Å². The summed E-state index contributed by atoms with van der Waals surface area (Å²) in [5.41, 5.74) is 6.20. The molecular formula is C21H34N4O3. The predicted molar refractivity (Wildman–Crippen MR) is 113 cm³/mol. The minimum absolute atomic E-state index is 0.0706. The lowest BCUT2D eigenvalue weighted by molar-refractivity contribution is -0.120. The number of H-pyrrole nitrogens is 1. The van der Waals surface area contributed by atoms with Gasteiger partial charge in [-0.2, -0.15) is 0 Å².